The van der Waals surface area contributed by atoms with E-state index in [1.807, 2.05) is 21.0 Å². The van der Waals surface area contributed by atoms with E-state index in [0.717, 1.165) is 17.1 Å². The molecular formula is C13H24N2OS. The van der Waals surface area contributed by atoms with Crippen LogP contribution in [0.4, 0.5) is 0 Å². The van der Waals surface area contributed by atoms with E-state index in [2.05, 4.69) is 30.7 Å². The first-order valence-electron chi connectivity index (χ1n) is 6.09. The topological polar surface area (TPSA) is 36.4 Å². The first-order chi connectivity index (χ1) is 7.81. The second kappa shape index (κ2) is 5.46. The van der Waals surface area contributed by atoms with E-state index in [1.165, 1.54) is 4.88 Å². The van der Waals surface area contributed by atoms with Gasteiger partial charge in [0.2, 0.25) is 0 Å². The molecule has 0 aliphatic heterocycles. The number of hydrogen-bond acceptors (Lipinski definition) is 4. The average molecular weight is 256 g/mol. The van der Waals surface area contributed by atoms with Crippen LogP contribution in [0.2, 0.25) is 0 Å². The zero-order chi connectivity index (χ0) is 13.2. The highest BCUT2D eigenvalue weighted by atomic mass is 32.1. The van der Waals surface area contributed by atoms with Crippen LogP contribution in [0.5, 0.6) is 0 Å². The zero-order valence-corrected chi connectivity index (χ0v) is 12.6. The molecule has 98 valence electrons. The van der Waals surface area contributed by atoms with Crippen molar-refractivity contribution in [2.45, 2.75) is 52.2 Å². The van der Waals surface area contributed by atoms with Crippen molar-refractivity contribution in [2.24, 2.45) is 0 Å². The van der Waals surface area contributed by atoms with Gasteiger partial charge in [0.1, 0.15) is 0 Å². The van der Waals surface area contributed by atoms with E-state index in [9.17, 15) is 5.11 Å². The molecule has 0 aliphatic carbocycles. The van der Waals surface area contributed by atoms with Gasteiger partial charge < -0.3 is 10.0 Å². The third-order valence-corrected chi connectivity index (χ3v) is 4.99. The Morgan fingerprint density at radius 1 is 1.41 bits per heavy atom. The fourth-order valence-electron chi connectivity index (χ4n) is 1.86. The minimum atomic E-state index is -0.382. The van der Waals surface area contributed by atoms with Crippen molar-refractivity contribution in [3.05, 3.63) is 15.6 Å². The van der Waals surface area contributed by atoms with Crippen molar-refractivity contribution in [2.75, 3.05) is 14.1 Å². The largest absolute Gasteiger partial charge is 0.391 e. The summed E-state index contributed by atoms with van der Waals surface area (Å²) < 4.78 is 0. The number of aliphatic hydroxyl groups excluding tert-OH is 1. The third kappa shape index (κ3) is 3.06. The van der Waals surface area contributed by atoms with Crippen molar-refractivity contribution in [1.29, 1.82) is 0 Å². The summed E-state index contributed by atoms with van der Waals surface area (Å²) in [4.78, 5) is 7.85. The summed E-state index contributed by atoms with van der Waals surface area (Å²) in [6, 6.07) is 0. The molecule has 0 bridgehead atoms. The summed E-state index contributed by atoms with van der Waals surface area (Å²) in [5.41, 5.74) is 0.897. The lowest BCUT2D eigenvalue weighted by Gasteiger charge is -2.39. The molecule has 0 amide bonds. The summed E-state index contributed by atoms with van der Waals surface area (Å²) in [6.45, 7) is 8.31. The van der Waals surface area contributed by atoms with Gasteiger partial charge in [-0.2, -0.15) is 0 Å². The maximum atomic E-state index is 10.4. The molecule has 0 aromatic carbocycles. The molecule has 2 atom stereocenters. The summed E-state index contributed by atoms with van der Waals surface area (Å²) in [5, 5.41) is 11.5. The third-order valence-electron chi connectivity index (χ3n) is 3.90. The van der Waals surface area contributed by atoms with Crippen LogP contribution in [0, 0.1) is 13.8 Å². The number of thiazole rings is 1. The lowest BCUT2D eigenvalue weighted by atomic mass is 9.88. The first kappa shape index (κ1) is 14.6. The van der Waals surface area contributed by atoms with Crippen LogP contribution in [-0.4, -0.2) is 40.7 Å². The van der Waals surface area contributed by atoms with E-state index in [1.54, 1.807) is 11.3 Å². The monoisotopic (exact) mass is 256 g/mol. The van der Waals surface area contributed by atoms with Gasteiger partial charge in [-0.3, -0.25) is 0 Å². The molecule has 0 aliphatic rings. The number of likely N-dealkylation sites (N-methyl/N-ethyl adjacent to an activating group) is 1. The van der Waals surface area contributed by atoms with E-state index in [0.29, 0.717) is 6.42 Å². The Bertz CT molecular complexity index is 356. The van der Waals surface area contributed by atoms with Crippen LogP contribution in [0.3, 0.4) is 0 Å². The molecule has 0 saturated heterocycles. The van der Waals surface area contributed by atoms with Crippen LogP contribution in [0.15, 0.2) is 0 Å². The summed E-state index contributed by atoms with van der Waals surface area (Å²) >= 11 is 1.69. The number of aromatic nitrogens is 1. The molecular weight excluding hydrogens is 232 g/mol. The van der Waals surface area contributed by atoms with E-state index >= 15 is 0 Å². The molecule has 0 fully saturated rings. The molecule has 4 heteroatoms. The Morgan fingerprint density at radius 3 is 2.35 bits per heavy atom. The highest BCUT2D eigenvalue weighted by Gasteiger charge is 2.34. The van der Waals surface area contributed by atoms with E-state index in [-0.39, 0.29) is 11.6 Å². The number of aliphatic hydroxyl groups is 1. The van der Waals surface area contributed by atoms with Gasteiger partial charge >= 0.3 is 0 Å². The van der Waals surface area contributed by atoms with Gasteiger partial charge in [-0.25, -0.2) is 4.98 Å². The van der Waals surface area contributed by atoms with Gasteiger partial charge in [-0.1, -0.05) is 6.92 Å². The van der Waals surface area contributed by atoms with Crippen LogP contribution < -0.4 is 0 Å². The minimum Gasteiger partial charge on any atom is -0.391 e. The molecule has 3 nitrogen and oxygen atoms in total. The number of nitrogens with zero attached hydrogens (tertiary/aromatic N) is 2. The van der Waals surface area contributed by atoms with Gasteiger partial charge in [0.15, 0.2) is 0 Å². The molecule has 1 rings (SSSR count). The van der Waals surface area contributed by atoms with Crippen molar-refractivity contribution >= 4 is 11.3 Å². The molecule has 1 N–H and O–H groups in total. The molecule has 1 aromatic rings. The standard InChI is InChI=1S/C13H24N2OS/c1-7-13(4,15(5)6)11(16)8-12-14-9(2)10(3)17-12/h11,16H,7-8H2,1-6H3. The summed E-state index contributed by atoms with van der Waals surface area (Å²) in [7, 11) is 4.04. The van der Waals surface area contributed by atoms with E-state index < -0.39 is 0 Å². The minimum absolute atomic E-state index is 0.187. The highest BCUT2D eigenvalue weighted by molar-refractivity contribution is 7.11. The van der Waals surface area contributed by atoms with E-state index in [4.69, 9.17) is 0 Å². The first-order valence-corrected chi connectivity index (χ1v) is 6.91. The Hall–Kier alpha value is -0.450. The van der Waals surface area contributed by atoms with Crippen LogP contribution in [0.1, 0.15) is 35.8 Å². The van der Waals surface area contributed by atoms with Gasteiger partial charge in [0.25, 0.3) is 0 Å². The van der Waals surface area contributed by atoms with Gasteiger partial charge in [-0.05, 0) is 41.3 Å². The highest BCUT2D eigenvalue weighted by Crippen LogP contribution is 2.26. The second-order valence-corrected chi connectivity index (χ2v) is 6.36. The quantitative estimate of drug-likeness (QED) is 0.879. The molecule has 17 heavy (non-hydrogen) atoms. The maximum absolute atomic E-state index is 10.4. The molecule has 0 spiro atoms. The fraction of sp³-hybridized carbons (Fsp3) is 0.769. The number of aryl methyl sites for hydroxylation is 2. The van der Waals surface area contributed by atoms with Crippen molar-refractivity contribution < 1.29 is 5.11 Å². The van der Waals surface area contributed by atoms with Crippen LogP contribution in [0.25, 0.3) is 0 Å². The second-order valence-electron chi connectivity index (χ2n) is 5.07. The summed E-state index contributed by atoms with van der Waals surface area (Å²) in [5.74, 6) is 0. The Labute approximate surface area is 108 Å². The predicted octanol–water partition coefficient (Wildman–Crippen LogP) is 2.39. The maximum Gasteiger partial charge on any atom is 0.0957 e. The lowest BCUT2D eigenvalue weighted by molar-refractivity contribution is 0.00298. The number of hydrogen-bond donors (Lipinski definition) is 1. The molecule has 1 heterocycles. The van der Waals surface area contributed by atoms with Crippen molar-refractivity contribution in [3.8, 4) is 0 Å². The van der Waals surface area contributed by atoms with Crippen LogP contribution in [-0.2, 0) is 6.42 Å². The fourth-order valence-corrected chi connectivity index (χ4v) is 2.83. The molecule has 0 radical (unpaired) electrons. The average Bonchev–Trinajstić information content (AvgIpc) is 2.56. The number of rotatable bonds is 5. The van der Waals surface area contributed by atoms with Gasteiger partial charge in [0.05, 0.1) is 16.8 Å². The summed E-state index contributed by atoms with van der Waals surface area (Å²) in [6.07, 6.45) is 1.18. The SMILES string of the molecule is CCC(C)(C(O)Cc1nc(C)c(C)s1)N(C)C. The lowest BCUT2D eigenvalue weighted by Crippen LogP contribution is -2.51. The zero-order valence-electron chi connectivity index (χ0n) is 11.7. The van der Waals surface area contributed by atoms with Gasteiger partial charge in [0, 0.05) is 16.8 Å². The Balaban J connectivity index is 2.80. The smallest absolute Gasteiger partial charge is 0.0957 e. The van der Waals surface area contributed by atoms with Crippen molar-refractivity contribution in [1.82, 2.24) is 9.88 Å². The van der Waals surface area contributed by atoms with Gasteiger partial charge in [-0.15, -0.1) is 11.3 Å². The normalized spacial score (nSPS) is 17.2. The van der Waals surface area contributed by atoms with Crippen LogP contribution >= 0.6 is 11.3 Å². The Kier molecular flexibility index (Phi) is 4.69. The molecule has 0 saturated carbocycles. The Morgan fingerprint density at radius 2 is 2.00 bits per heavy atom. The molecule has 2 unspecified atom stereocenters. The van der Waals surface area contributed by atoms with Crippen molar-refractivity contribution in [3.63, 3.8) is 0 Å². The molecule has 1 aromatic heterocycles. The predicted molar refractivity (Wildman–Crippen MR) is 73.7 cm³/mol.